The summed E-state index contributed by atoms with van der Waals surface area (Å²) in [7, 11) is 0. The Balaban J connectivity index is 1.28. The van der Waals surface area contributed by atoms with Crippen LogP contribution < -0.4 is 0 Å². The smallest absolute Gasteiger partial charge is 0.166 e. The van der Waals surface area contributed by atoms with Crippen molar-refractivity contribution in [3.8, 4) is 22.3 Å². The molecule has 0 radical (unpaired) electrons. The molecule has 0 aromatic heterocycles. The normalized spacial score (nSPS) is 12.5. The molecular weight excluding hydrogens is 546 g/mol. The first-order valence-electron chi connectivity index (χ1n) is 13.2. The number of halogens is 6. The second kappa shape index (κ2) is 9.35. The molecular formula is C36H20F6. The Bertz CT molecular complexity index is 1980. The lowest BCUT2D eigenvalue weighted by Gasteiger charge is -2.12. The molecule has 0 bridgehead atoms. The fourth-order valence-electron chi connectivity index (χ4n) is 5.77. The summed E-state index contributed by atoms with van der Waals surface area (Å²) in [6.45, 7) is 0. The maximum Gasteiger partial charge on any atom is 0.416 e. The SMILES string of the molecule is FC(F)(F)c1ccc(-c2ccc3c(ccc4c3ccc3c5ccc(-c6ccc(C(F)(F)F)cc6)cc5ccc34)c2)cc1. The van der Waals surface area contributed by atoms with Crippen molar-refractivity contribution in [1.82, 2.24) is 0 Å². The molecule has 0 nitrogen and oxygen atoms in total. The highest BCUT2D eigenvalue weighted by atomic mass is 19.4. The standard InChI is InChI=1S/C36H20F6/c37-35(38,39)27-9-1-21(2-10-27)23-5-13-29-25(19-23)7-15-33-31(29)17-18-32-30-14-6-24(20-26(30)8-16-34(32)33)22-3-11-28(12-4-22)36(40,41)42/h1-20H. The molecule has 206 valence electrons. The topological polar surface area (TPSA) is 0 Å². The van der Waals surface area contributed by atoms with Crippen molar-refractivity contribution in [2.24, 2.45) is 0 Å². The van der Waals surface area contributed by atoms with E-state index in [0.717, 1.165) is 78.5 Å². The summed E-state index contributed by atoms with van der Waals surface area (Å²) in [5, 5.41) is 8.36. The molecule has 0 saturated carbocycles. The summed E-state index contributed by atoms with van der Waals surface area (Å²) in [5.41, 5.74) is 1.76. The zero-order valence-corrected chi connectivity index (χ0v) is 21.8. The lowest BCUT2D eigenvalue weighted by atomic mass is 9.92. The maximum absolute atomic E-state index is 13.0. The van der Waals surface area contributed by atoms with Crippen LogP contribution in [0.25, 0.3) is 65.3 Å². The van der Waals surface area contributed by atoms with Crippen LogP contribution >= 0.6 is 0 Å². The molecule has 7 aromatic carbocycles. The second-order valence-electron chi connectivity index (χ2n) is 10.4. The van der Waals surface area contributed by atoms with Gasteiger partial charge in [0.15, 0.2) is 0 Å². The van der Waals surface area contributed by atoms with E-state index < -0.39 is 23.5 Å². The Morgan fingerprint density at radius 2 is 0.571 bits per heavy atom. The zero-order valence-electron chi connectivity index (χ0n) is 21.8. The largest absolute Gasteiger partial charge is 0.416 e. The monoisotopic (exact) mass is 566 g/mol. The van der Waals surface area contributed by atoms with Crippen molar-refractivity contribution in [2.75, 3.05) is 0 Å². The number of fused-ring (bicyclic) bond motifs is 7. The summed E-state index contributed by atoms with van der Waals surface area (Å²) in [6, 6.07) is 34.6. The van der Waals surface area contributed by atoms with Gasteiger partial charge in [-0.05, 0) is 102 Å². The minimum Gasteiger partial charge on any atom is -0.166 e. The fraction of sp³-hybridized carbons (Fsp3) is 0.0556. The van der Waals surface area contributed by atoms with Gasteiger partial charge in [-0.25, -0.2) is 0 Å². The van der Waals surface area contributed by atoms with Crippen LogP contribution in [0.5, 0.6) is 0 Å². The van der Waals surface area contributed by atoms with Gasteiger partial charge in [-0.3, -0.25) is 0 Å². The average Bonchev–Trinajstić information content (AvgIpc) is 2.99. The second-order valence-corrected chi connectivity index (χ2v) is 10.4. The van der Waals surface area contributed by atoms with Crippen LogP contribution in [0, 0.1) is 0 Å². The third-order valence-electron chi connectivity index (χ3n) is 7.92. The van der Waals surface area contributed by atoms with E-state index in [9.17, 15) is 26.3 Å². The van der Waals surface area contributed by atoms with Gasteiger partial charge in [0, 0.05) is 0 Å². The number of hydrogen-bond donors (Lipinski definition) is 0. The van der Waals surface area contributed by atoms with E-state index in [0.29, 0.717) is 11.1 Å². The highest BCUT2D eigenvalue weighted by Gasteiger charge is 2.30. The quantitative estimate of drug-likeness (QED) is 0.144. The molecule has 0 fully saturated rings. The molecule has 7 aromatic rings. The van der Waals surface area contributed by atoms with Gasteiger partial charge in [0.25, 0.3) is 0 Å². The van der Waals surface area contributed by atoms with Crippen LogP contribution in [0.4, 0.5) is 26.3 Å². The number of hydrogen-bond acceptors (Lipinski definition) is 0. The first-order valence-corrected chi connectivity index (χ1v) is 13.2. The van der Waals surface area contributed by atoms with Crippen LogP contribution in [0.3, 0.4) is 0 Å². The molecule has 0 saturated heterocycles. The number of alkyl halides is 6. The van der Waals surface area contributed by atoms with Crippen LogP contribution in [0.15, 0.2) is 121 Å². The summed E-state index contributed by atoms with van der Waals surface area (Å²) in [4.78, 5) is 0. The average molecular weight is 567 g/mol. The highest BCUT2D eigenvalue weighted by Crippen LogP contribution is 2.38. The predicted molar refractivity (Wildman–Crippen MR) is 157 cm³/mol. The van der Waals surface area contributed by atoms with Gasteiger partial charge in [-0.2, -0.15) is 26.3 Å². The van der Waals surface area contributed by atoms with E-state index in [1.165, 1.54) is 24.3 Å². The van der Waals surface area contributed by atoms with Crippen molar-refractivity contribution in [1.29, 1.82) is 0 Å². The van der Waals surface area contributed by atoms with E-state index >= 15 is 0 Å². The summed E-state index contributed by atoms with van der Waals surface area (Å²) < 4.78 is 77.9. The van der Waals surface area contributed by atoms with Gasteiger partial charge >= 0.3 is 12.4 Å². The number of benzene rings is 7. The molecule has 0 N–H and O–H groups in total. The van der Waals surface area contributed by atoms with E-state index in [1.807, 2.05) is 48.5 Å². The lowest BCUT2D eigenvalue weighted by molar-refractivity contribution is -0.138. The minimum absolute atomic E-state index is 0.673. The maximum atomic E-state index is 13.0. The number of rotatable bonds is 2. The highest BCUT2D eigenvalue weighted by molar-refractivity contribution is 6.22. The van der Waals surface area contributed by atoms with Crippen LogP contribution in [0.1, 0.15) is 11.1 Å². The van der Waals surface area contributed by atoms with E-state index in [1.54, 1.807) is 0 Å². The van der Waals surface area contributed by atoms with Crippen LogP contribution in [-0.2, 0) is 12.4 Å². The van der Waals surface area contributed by atoms with Crippen molar-refractivity contribution < 1.29 is 26.3 Å². The third-order valence-corrected chi connectivity index (χ3v) is 7.92. The van der Waals surface area contributed by atoms with Gasteiger partial charge in [0.1, 0.15) is 0 Å². The van der Waals surface area contributed by atoms with E-state index in [-0.39, 0.29) is 0 Å². The van der Waals surface area contributed by atoms with E-state index in [2.05, 4.69) is 24.3 Å². The Morgan fingerprint density at radius 3 is 0.929 bits per heavy atom. The van der Waals surface area contributed by atoms with Crippen molar-refractivity contribution in [2.45, 2.75) is 12.4 Å². The molecule has 0 aliphatic carbocycles. The Labute approximate surface area is 236 Å². The Morgan fingerprint density at radius 1 is 0.286 bits per heavy atom. The minimum atomic E-state index is -4.37. The molecule has 0 atom stereocenters. The summed E-state index contributed by atoms with van der Waals surface area (Å²) >= 11 is 0. The molecule has 0 spiro atoms. The third kappa shape index (κ3) is 4.44. The van der Waals surface area contributed by atoms with Gasteiger partial charge in [0.05, 0.1) is 11.1 Å². The molecule has 42 heavy (non-hydrogen) atoms. The first kappa shape index (κ1) is 26.1. The predicted octanol–water partition coefficient (Wildman–Crippen LogP) is 11.7. The zero-order chi connectivity index (χ0) is 29.2. The molecule has 6 heteroatoms. The van der Waals surface area contributed by atoms with Crippen LogP contribution in [0.2, 0.25) is 0 Å². The molecule has 0 unspecified atom stereocenters. The Kier molecular flexibility index (Phi) is 5.80. The van der Waals surface area contributed by atoms with E-state index in [4.69, 9.17) is 0 Å². The van der Waals surface area contributed by atoms with Crippen LogP contribution in [-0.4, -0.2) is 0 Å². The molecule has 0 amide bonds. The molecule has 0 heterocycles. The molecule has 7 rings (SSSR count). The Hall–Kier alpha value is -4.84. The van der Waals surface area contributed by atoms with Crippen molar-refractivity contribution >= 4 is 43.1 Å². The van der Waals surface area contributed by atoms with Gasteiger partial charge < -0.3 is 0 Å². The van der Waals surface area contributed by atoms with Gasteiger partial charge in [0.2, 0.25) is 0 Å². The van der Waals surface area contributed by atoms with Gasteiger partial charge in [-0.15, -0.1) is 0 Å². The summed E-state index contributed by atoms with van der Waals surface area (Å²) in [6.07, 6.45) is -8.74. The lowest BCUT2D eigenvalue weighted by Crippen LogP contribution is -2.03. The molecule has 0 aliphatic heterocycles. The molecule has 0 aliphatic rings. The van der Waals surface area contributed by atoms with Crippen molar-refractivity contribution in [3.05, 3.63) is 132 Å². The first-order chi connectivity index (χ1) is 20.1. The van der Waals surface area contributed by atoms with Crippen molar-refractivity contribution in [3.63, 3.8) is 0 Å². The summed E-state index contributed by atoms with van der Waals surface area (Å²) in [5.74, 6) is 0. The fourth-order valence-corrected chi connectivity index (χ4v) is 5.77. The van der Waals surface area contributed by atoms with Gasteiger partial charge in [-0.1, -0.05) is 84.9 Å².